The molecule has 1 N–H and O–H groups in total. The zero-order chi connectivity index (χ0) is 18.2. The fraction of sp³-hybridized carbons (Fsp3) is 0.375. The van der Waals surface area contributed by atoms with Crippen LogP contribution in [0.1, 0.15) is 27.8 Å². The van der Waals surface area contributed by atoms with Crippen molar-refractivity contribution in [2.24, 2.45) is 7.05 Å². The molecule has 3 rings (SSSR count). The number of benzene rings is 1. The Morgan fingerprint density at radius 2 is 2.12 bits per heavy atom. The van der Waals surface area contributed by atoms with Crippen LogP contribution < -0.4 is 5.32 Å². The van der Waals surface area contributed by atoms with Crippen LogP contribution in [0.4, 0.5) is 17.6 Å². The fourth-order valence-electron chi connectivity index (χ4n) is 2.92. The first-order chi connectivity index (χ1) is 11.8. The molecule has 0 spiro atoms. The quantitative estimate of drug-likeness (QED) is 0.841. The number of nitrogens with one attached hydrogen (secondary N) is 1. The minimum atomic E-state index is -4.86. The summed E-state index contributed by atoms with van der Waals surface area (Å²) in [6.07, 6.45) is -1.54. The van der Waals surface area contributed by atoms with Gasteiger partial charge < -0.3 is 14.8 Å². The van der Waals surface area contributed by atoms with Crippen molar-refractivity contribution in [3.63, 3.8) is 0 Å². The molecule has 1 atom stereocenters. The number of aryl methyl sites for hydroxylation is 1. The van der Waals surface area contributed by atoms with Crippen LogP contribution in [0.5, 0.6) is 0 Å². The predicted molar refractivity (Wildman–Crippen MR) is 81.3 cm³/mol. The average molecular weight is 356 g/mol. The lowest BCUT2D eigenvalue weighted by Gasteiger charge is -2.36. The van der Waals surface area contributed by atoms with Crippen LogP contribution in [0.25, 0.3) is 0 Å². The van der Waals surface area contributed by atoms with Crippen molar-refractivity contribution < 1.29 is 22.4 Å². The lowest BCUT2D eigenvalue weighted by molar-refractivity contribution is -0.140. The Hall–Kier alpha value is -2.42. The van der Waals surface area contributed by atoms with Gasteiger partial charge in [0, 0.05) is 44.6 Å². The Bertz CT molecular complexity index is 787. The van der Waals surface area contributed by atoms with Crippen LogP contribution >= 0.6 is 0 Å². The largest absolute Gasteiger partial charge is 0.419 e. The first kappa shape index (κ1) is 17.4. The second-order valence-electron chi connectivity index (χ2n) is 5.81. The van der Waals surface area contributed by atoms with E-state index < -0.39 is 29.5 Å². The Labute approximate surface area is 141 Å². The summed E-state index contributed by atoms with van der Waals surface area (Å²) in [7, 11) is 1.78. The van der Waals surface area contributed by atoms with E-state index in [2.05, 4.69) is 10.3 Å². The molecule has 5 nitrogen and oxygen atoms in total. The van der Waals surface area contributed by atoms with E-state index in [1.165, 1.54) is 4.90 Å². The van der Waals surface area contributed by atoms with Gasteiger partial charge in [0.1, 0.15) is 17.7 Å². The summed E-state index contributed by atoms with van der Waals surface area (Å²) in [5.41, 5.74) is -1.64. The summed E-state index contributed by atoms with van der Waals surface area (Å²) < 4.78 is 53.9. The molecule has 1 aliphatic heterocycles. The molecular formula is C16H16F4N4O. The molecule has 2 aromatic rings. The molecule has 1 amide bonds. The Kier molecular flexibility index (Phi) is 4.51. The Morgan fingerprint density at radius 1 is 1.36 bits per heavy atom. The third-order valence-electron chi connectivity index (χ3n) is 4.18. The topological polar surface area (TPSA) is 50.2 Å². The highest BCUT2D eigenvalue weighted by molar-refractivity contribution is 5.94. The molecule has 0 radical (unpaired) electrons. The molecule has 2 heterocycles. The van der Waals surface area contributed by atoms with Crippen molar-refractivity contribution in [2.45, 2.75) is 12.2 Å². The van der Waals surface area contributed by atoms with Gasteiger partial charge in [-0.1, -0.05) is 0 Å². The van der Waals surface area contributed by atoms with Crippen LogP contribution in [-0.4, -0.2) is 40.0 Å². The van der Waals surface area contributed by atoms with Gasteiger partial charge in [-0.2, -0.15) is 13.2 Å². The van der Waals surface area contributed by atoms with Crippen molar-refractivity contribution in [1.82, 2.24) is 19.8 Å². The van der Waals surface area contributed by atoms with E-state index in [1.54, 1.807) is 24.0 Å². The summed E-state index contributed by atoms with van der Waals surface area (Å²) in [5, 5.41) is 3.14. The maximum absolute atomic E-state index is 13.5. The smallest absolute Gasteiger partial charge is 0.336 e. The molecule has 0 bridgehead atoms. The molecular weight excluding hydrogens is 340 g/mol. The highest BCUT2D eigenvalue weighted by Gasteiger charge is 2.36. The van der Waals surface area contributed by atoms with Crippen molar-refractivity contribution >= 4 is 5.91 Å². The van der Waals surface area contributed by atoms with E-state index in [0.717, 1.165) is 6.07 Å². The number of hydrogen-bond donors (Lipinski definition) is 1. The van der Waals surface area contributed by atoms with Gasteiger partial charge >= 0.3 is 6.18 Å². The molecule has 134 valence electrons. The summed E-state index contributed by atoms with van der Waals surface area (Å²) in [6.45, 7) is 1.26. The minimum absolute atomic E-state index is 0.199. The molecule has 25 heavy (non-hydrogen) atoms. The highest BCUT2D eigenvalue weighted by Crippen LogP contribution is 2.32. The molecule has 1 fully saturated rings. The van der Waals surface area contributed by atoms with E-state index in [9.17, 15) is 22.4 Å². The third kappa shape index (κ3) is 3.37. The standard InChI is InChI=1S/C16H16F4N4O/c1-23-6-5-22-14(23)13-9-21-4-7-24(13)15(25)10-2-3-12(17)11(8-10)16(18,19)20/h2-3,5-6,8,13,21H,4,7,9H2,1H3. The molecule has 1 unspecified atom stereocenters. The van der Waals surface area contributed by atoms with Gasteiger partial charge in [-0.05, 0) is 18.2 Å². The molecule has 0 saturated carbocycles. The van der Waals surface area contributed by atoms with Gasteiger partial charge in [0.25, 0.3) is 5.91 Å². The van der Waals surface area contributed by atoms with Crippen LogP contribution in [0.2, 0.25) is 0 Å². The van der Waals surface area contributed by atoms with E-state index in [4.69, 9.17) is 0 Å². The van der Waals surface area contributed by atoms with Crippen LogP contribution in [-0.2, 0) is 13.2 Å². The van der Waals surface area contributed by atoms with Crippen molar-refractivity contribution in [2.75, 3.05) is 19.6 Å². The summed E-state index contributed by atoms with van der Waals surface area (Å²) in [5.74, 6) is -1.36. The lowest BCUT2D eigenvalue weighted by atomic mass is 10.1. The molecule has 0 aliphatic carbocycles. The fourth-order valence-corrected chi connectivity index (χ4v) is 2.92. The number of amides is 1. The summed E-state index contributed by atoms with van der Waals surface area (Å²) in [4.78, 5) is 18.5. The van der Waals surface area contributed by atoms with Crippen LogP contribution in [0, 0.1) is 5.82 Å². The summed E-state index contributed by atoms with van der Waals surface area (Å²) >= 11 is 0. The lowest BCUT2D eigenvalue weighted by Crippen LogP contribution is -2.49. The number of nitrogens with zero attached hydrogens (tertiary/aromatic N) is 3. The zero-order valence-electron chi connectivity index (χ0n) is 13.3. The van der Waals surface area contributed by atoms with Crippen LogP contribution in [0.3, 0.4) is 0 Å². The zero-order valence-corrected chi connectivity index (χ0v) is 13.3. The third-order valence-corrected chi connectivity index (χ3v) is 4.18. The number of alkyl halides is 3. The molecule has 1 saturated heterocycles. The molecule has 1 aromatic heterocycles. The van der Waals surface area contributed by atoms with Crippen molar-refractivity contribution in [3.8, 4) is 0 Å². The van der Waals surface area contributed by atoms with Gasteiger partial charge in [-0.3, -0.25) is 4.79 Å². The highest BCUT2D eigenvalue weighted by atomic mass is 19.4. The Morgan fingerprint density at radius 3 is 2.76 bits per heavy atom. The molecule has 1 aliphatic rings. The number of hydrogen-bond acceptors (Lipinski definition) is 3. The van der Waals surface area contributed by atoms with Gasteiger partial charge in [0.15, 0.2) is 0 Å². The van der Waals surface area contributed by atoms with Gasteiger partial charge in [-0.25, -0.2) is 9.37 Å². The minimum Gasteiger partial charge on any atom is -0.336 e. The number of piperazine rings is 1. The normalized spacial score (nSPS) is 18.4. The number of carbonyl (C=O) groups excluding carboxylic acids is 1. The first-order valence-electron chi connectivity index (χ1n) is 7.64. The summed E-state index contributed by atoms with van der Waals surface area (Å²) in [6, 6.07) is 1.90. The van der Waals surface area contributed by atoms with Gasteiger partial charge in [0.2, 0.25) is 0 Å². The number of imidazole rings is 1. The Balaban J connectivity index is 1.95. The number of aromatic nitrogens is 2. The SMILES string of the molecule is Cn1ccnc1C1CNCCN1C(=O)c1ccc(F)c(C(F)(F)F)c1. The van der Waals surface area contributed by atoms with Crippen molar-refractivity contribution in [3.05, 3.63) is 53.4 Å². The monoisotopic (exact) mass is 356 g/mol. The van der Waals surface area contributed by atoms with E-state index >= 15 is 0 Å². The van der Waals surface area contributed by atoms with Crippen molar-refractivity contribution in [1.29, 1.82) is 0 Å². The van der Waals surface area contributed by atoms with Crippen LogP contribution in [0.15, 0.2) is 30.6 Å². The average Bonchev–Trinajstić information content (AvgIpc) is 2.99. The first-order valence-corrected chi connectivity index (χ1v) is 7.64. The maximum atomic E-state index is 13.5. The predicted octanol–water partition coefficient (Wildman–Crippen LogP) is 2.36. The maximum Gasteiger partial charge on any atom is 0.419 e. The van der Waals surface area contributed by atoms with Gasteiger partial charge in [-0.15, -0.1) is 0 Å². The molecule has 9 heteroatoms. The molecule has 1 aromatic carbocycles. The number of carbonyl (C=O) groups is 1. The van der Waals surface area contributed by atoms with Gasteiger partial charge in [0.05, 0.1) is 5.56 Å². The van der Waals surface area contributed by atoms with E-state index in [0.29, 0.717) is 37.6 Å². The van der Waals surface area contributed by atoms with E-state index in [1.807, 2.05) is 0 Å². The van der Waals surface area contributed by atoms with E-state index in [-0.39, 0.29) is 5.56 Å². The second kappa shape index (κ2) is 6.47. The number of halogens is 4. The second-order valence-corrected chi connectivity index (χ2v) is 5.81. The number of rotatable bonds is 2.